The zero-order valence-electron chi connectivity index (χ0n) is 12.2. The minimum absolute atomic E-state index is 0.0361. The normalized spacial score (nSPS) is 45.9. The molecule has 6 atom stereocenters. The number of alkyl halides is 1. The van der Waals surface area contributed by atoms with Crippen molar-refractivity contribution in [1.82, 2.24) is 10.6 Å². The third kappa shape index (κ3) is 1.47. The molecule has 1 amide bonds. The molecule has 4 nitrogen and oxygen atoms in total. The number of halogens is 1. The number of alkyl carbamates (subject to hydrolysis) is 1. The molecule has 5 heteroatoms. The highest BCUT2D eigenvalue weighted by Crippen LogP contribution is 2.84. The highest BCUT2D eigenvalue weighted by Gasteiger charge is 2.91. The first-order valence-corrected chi connectivity index (χ1v) is 8.03. The van der Waals surface area contributed by atoms with Gasteiger partial charge in [-0.1, -0.05) is 30.3 Å². The first-order valence-electron chi connectivity index (χ1n) is 8.03. The van der Waals surface area contributed by atoms with Crippen molar-refractivity contribution in [2.75, 3.05) is 13.1 Å². The predicted molar refractivity (Wildman–Crippen MR) is 77.8 cm³/mol. The molecule has 1 spiro atoms. The number of fused-ring (bicyclic) bond motifs is 1. The second-order valence-corrected chi connectivity index (χ2v) is 7.25. The maximum absolute atomic E-state index is 15.0. The topological polar surface area (TPSA) is 50.4 Å². The minimum Gasteiger partial charge on any atom is -0.445 e. The summed E-state index contributed by atoms with van der Waals surface area (Å²) >= 11 is 0. The van der Waals surface area contributed by atoms with Crippen LogP contribution in [0.5, 0.6) is 0 Å². The molecule has 6 rings (SSSR count). The number of amides is 1. The van der Waals surface area contributed by atoms with E-state index in [0.29, 0.717) is 12.5 Å². The second kappa shape index (κ2) is 4.02. The van der Waals surface area contributed by atoms with Crippen LogP contribution in [0.25, 0.3) is 0 Å². The molecule has 5 fully saturated rings. The average Bonchev–Trinajstić information content (AvgIpc) is 3.39. The minimum atomic E-state index is -1.08. The van der Waals surface area contributed by atoms with E-state index in [2.05, 4.69) is 10.6 Å². The summed E-state index contributed by atoms with van der Waals surface area (Å²) < 4.78 is 20.2. The molecule has 2 aliphatic heterocycles. The van der Waals surface area contributed by atoms with Gasteiger partial charge in [0.15, 0.2) is 0 Å². The number of rotatable bonds is 4. The number of carbonyl (C=O) groups excluding carboxylic acids is 1. The van der Waals surface area contributed by atoms with Gasteiger partial charge in [-0.2, -0.15) is 0 Å². The molecule has 22 heavy (non-hydrogen) atoms. The van der Waals surface area contributed by atoms with Gasteiger partial charge in [-0.15, -0.1) is 0 Å². The summed E-state index contributed by atoms with van der Waals surface area (Å²) in [6.45, 7) is 1.56. The Hall–Kier alpha value is -1.62. The predicted octanol–water partition coefficient (Wildman–Crippen LogP) is 1.86. The molecule has 2 heterocycles. The lowest BCUT2D eigenvalue weighted by molar-refractivity contribution is 0.0919. The largest absolute Gasteiger partial charge is 0.445 e. The van der Waals surface area contributed by atoms with E-state index in [0.717, 1.165) is 18.5 Å². The summed E-state index contributed by atoms with van der Waals surface area (Å²) in [5.41, 5.74) is -0.0128. The lowest BCUT2D eigenvalue weighted by Crippen LogP contribution is -2.51. The van der Waals surface area contributed by atoms with Gasteiger partial charge in [-0.05, 0) is 23.3 Å². The quantitative estimate of drug-likeness (QED) is 0.892. The summed E-state index contributed by atoms with van der Waals surface area (Å²) in [6, 6.07) is 9.60. The van der Waals surface area contributed by atoms with E-state index >= 15 is 0 Å². The molecule has 2 N–H and O–H groups in total. The van der Waals surface area contributed by atoms with Crippen molar-refractivity contribution in [3.63, 3.8) is 0 Å². The van der Waals surface area contributed by atoms with Gasteiger partial charge in [0.2, 0.25) is 0 Å². The van der Waals surface area contributed by atoms with E-state index in [1.54, 1.807) is 0 Å². The van der Waals surface area contributed by atoms with Gasteiger partial charge in [-0.25, -0.2) is 9.18 Å². The molecule has 3 aliphatic carbocycles. The first kappa shape index (κ1) is 12.9. The number of hydrogen-bond acceptors (Lipinski definition) is 3. The van der Waals surface area contributed by atoms with E-state index in [-0.39, 0.29) is 29.9 Å². The maximum atomic E-state index is 15.0. The Bertz CT molecular complexity index is 631. The first-order chi connectivity index (χ1) is 10.7. The molecule has 4 unspecified atom stereocenters. The molecule has 1 aromatic rings. The summed E-state index contributed by atoms with van der Waals surface area (Å²) in [5, 5.41) is 6.11. The molecule has 3 saturated carbocycles. The summed E-state index contributed by atoms with van der Waals surface area (Å²) in [5.74, 6) is 0.717. The van der Waals surface area contributed by atoms with Gasteiger partial charge in [0.05, 0.1) is 0 Å². The van der Waals surface area contributed by atoms with Crippen LogP contribution in [0.3, 0.4) is 0 Å². The van der Waals surface area contributed by atoms with Crippen LogP contribution in [0.15, 0.2) is 30.3 Å². The Kier molecular flexibility index (Phi) is 2.35. The van der Waals surface area contributed by atoms with Crippen molar-refractivity contribution in [3.05, 3.63) is 35.9 Å². The Labute approximate surface area is 128 Å². The molecule has 2 saturated heterocycles. The third-order valence-corrected chi connectivity index (χ3v) is 6.39. The number of benzene rings is 1. The van der Waals surface area contributed by atoms with Crippen molar-refractivity contribution < 1.29 is 13.9 Å². The average molecular weight is 302 g/mol. The van der Waals surface area contributed by atoms with Gasteiger partial charge in [0.1, 0.15) is 12.3 Å². The van der Waals surface area contributed by atoms with Crippen LogP contribution in [0.2, 0.25) is 0 Å². The van der Waals surface area contributed by atoms with E-state index in [9.17, 15) is 9.18 Å². The lowest BCUT2D eigenvalue weighted by Gasteiger charge is -2.34. The monoisotopic (exact) mass is 302 g/mol. The fourth-order valence-electron chi connectivity index (χ4n) is 5.30. The van der Waals surface area contributed by atoms with Crippen LogP contribution in [-0.4, -0.2) is 30.9 Å². The SMILES string of the molecule is O=C(NCC1C23CN[C@H]4C(C2C3)[C@@]14F)OCc1ccccc1. The fraction of sp³-hybridized carbons (Fsp3) is 0.588. The van der Waals surface area contributed by atoms with Gasteiger partial charge in [0, 0.05) is 31.0 Å². The van der Waals surface area contributed by atoms with Crippen LogP contribution in [-0.2, 0) is 11.3 Å². The Morgan fingerprint density at radius 3 is 2.95 bits per heavy atom. The van der Waals surface area contributed by atoms with Gasteiger partial charge < -0.3 is 15.4 Å². The lowest BCUT2D eigenvalue weighted by atomic mass is 9.82. The smallest absolute Gasteiger partial charge is 0.407 e. The van der Waals surface area contributed by atoms with Crippen LogP contribution in [0.1, 0.15) is 12.0 Å². The highest BCUT2D eigenvalue weighted by molar-refractivity contribution is 5.67. The molecule has 0 aromatic heterocycles. The molecular formula is C17H19FN2O2. The summed E-state index contributed by atoms with van der Waals surface area (Å²) in [6.07, 6.45) is 0.673. The van der Waals surface area contributed by atoms with Crippen molar-refractivity contribution >= 4 is 6.09 Å². The highest BCUT2D eigenvalue weighted by atomic mass is 19.1. The third-order valence-electron chi connectivity index (χ3n) is 6.39. The zero-order valence-corrected chi connectivity index (χ0v) is 12.2. The zero-order chi connectivity index (χ0) is 14.9. The van der Waals surface area contributed by atoms with Gasteiger partial charge in [0.25, 0.3) is 0 Å². The van der Waals surface area contributed by atoms with E-state index in [4.69, 9.17) is 4.74 Å². The van der Waals surface area contributed by atoms with E-state index in [1.165, 1.54) is 0 Å². The maximum Gasteiger partial charge on any atom is 0.407 e. The Balaban J connectivity index is 1.18. The van der Waals surface area contributed by atoms with Crippen LogP contribution >= 0.6 is 0 Å². The number of piperidine rings is 2. The standard InChI is InChI=1S/C17H19FN2O2/c18-17-12(16-6-11(16)13(17)14(17)20-9-16)7-19-15(21)22-8-10-4-2-1-3-5-10/h1-5,11-14,20H,6-9H2,(H,19,21)/t11?,12?,13?,14-,16?,17-/m0/s1. The molecule has 116 valence electrons. The van der Waals surface area contributed by atoms with Crippen LogP contribution < -0.4 is 10.6 Å². The van der Waals surface area contributed by atoms with Crippen LogP contribution in [0.4, 0.5) is 9.18 Å². The molecular weight excluding hydrogens is 283 g/mol. The van der Waals surface area contributed by atoms with Crippen molar-refractivity contribution in [1.29, 1.82) is 0 Å². The molecule has 1 aromatic carbocycles. The van der Waals surface area contributed by atoms with Crippen molar-refractivity contribution in [3.8, 4) is 0 Å². The van der Waals surface area contributed by atoms with Gasteiger partial charge in [-0.3, -0.25) is 0 Å². The second-order valence-electron chi connectivity index (χ2n) is 7.25. The summed E-state index contributed by atoms with van der Waals surface area (Å²) in [4.78, 5) is 11.9. The van der Waals surface area contributed by atoms with Crippen LogP contribution in [0, 0.1) is 23.2 Å². The fourth-order valence-corrected chi connectivity index (χ4v) is 5.30. The molecule has 0 radical (unpaired) electrons. The van der Waals surface area contributed by atoms with Crippen molar-refractivity contribution in [2.45, 2.75) is 24.7 Å². The Morgan fingerprint density at radius 2 is 2.23 bits per heavy atom. The van der Waals surface area contributed by atoms with E-state index in [1.807, 2.05) is 30.3 Å². The number of nitrogens with one attached hydrogen (secondary N) is 2. The molecule has 4 bridgehead atoms. The van der Waals surface area contributed by atoms with E-state index < -0.39 is 11.8 Å². The number of ether oxygens (including phenoxy) is 1. The van der Waals surface area contributed by atoms with Crippen molar-refractivity contribution in [2.24, 2.45) is 23.2 Å². The number of carbonyl (C=O) groups is 1. The van der Waals surface area contributed by atoms with Gasteiger partial charge >= 0.3 is 6.09 Å². The summed E-state index contributed by atoms with van der Waals surface area (Å²) in [7, 11) is 0. The number of hydrogen-bond donors (Lipinski definition) is 2. The molecule has 5 aliphatic rings. The Morgan fingerprint density at radius 1 is 1.41 bits per heavy atom.